The van der Waals surface area contributed by atoms with E-state index in [1.54, 1.807) is 18.4 Å². The van der Waals surface area contributed by atoms with E-state index in [1.807, 2.05) is 13.1 Å². The van der Waals surface area contributed by atoms with Crippen molar-refractivity contribution in [2.24, 2.45) is 0 Å². The molecule has 1 fully saturated rings. The molecule has 1 unspecified atom stereocenters. The lowest BCUT2D eigenvalue weighted by atomic mass is 9.95. The van der Waals surface area contributed by atoms with Gasteiger partial charge in [0.2, 0.25) is 0 Å². The average Bonchev–Trinajstić information content (AvgIpc) is 3.03. The summed E-state index contributed by atoms with van der Waals surface area (Å²) in [4.78, 5) is 7.17. The second-order valence-corrected chi connectivity index (χ2v) is 6.51. The smallest absolute Gasteiger partial charge is 0.182 e. The van der Waals surface area contributed by atoms with Crippen molar-refractivity contribution in [3.8, 4) is 5.75 Å². The number of benzene rings is 1. The number of ether oxygens (including phenoxy) is 1. The number of thiazole rings is 1. The Kier molecular flexibility index (Phi) is 4.95. The average molecular weight is 317 g/mol. The van der Waals surface area contributed by atoms with Crippen molar-refractivity contribution >= 4 is 16.5 Å². The van der Waals surface area contributed by atoms with Crippen LogP contribution in [-0.2, 0) is 6.54 Å². The van der Waals surface area contributed by atoms with Crippen LogP contribution in [0.25, 0.3) is 0 Å². The number of nitrogens with zero attached hydrogens (tertiary/aromatic N) is 2. The van der Waals surface area contributed by atoms with Crippen LogP contribution >= 0.6 is 11.3 Å². The first kappa shape index (κ1) is 15.3. The molecule has 5 heteroatoms. The summed E-state index contributed by atoms with van der Waals surface area (Å²) < 4.78 is 5.38. The van der Waals surface area contributed by atoms with Crippen LogP contribution in [0.4, 0.5) is 5.13 Å². The lowest BCUT2D eigenvalue weighted by molar-refractivity contribution is 0.139. The summed E-state index contributed by atoms with van der Waals surface area (Å²) in [5.74, 6) is 0.939. The highest BCUT2D eigenvalue weighted by Crippen LogP contribution is 2.33. The minimum Gasteiger partial charge on any atom is -0.497 e. The van der Waals surface area contributed by atoms with Crippen LogP contribution in [0.3, 0.4) is 0 Å². The Balaban J connectivity index is 1.78. The van der Waals surface area contributed by atoms with E-state index in [1.165, 1.54) is 24.8 Å². The van der Waals surface area contributed by atoms with Gasteiger partial charge in [-0.25, -0.2) is 4.98 Å². The molecule has 22 heavy (non-hydrogen) atoms. The minimum absolute atomic E-state index is 0.462. The molecule has 1 N–H and O–H groups in total. The van der Waals surface area contributed by atoms with Crippen molar-refractivity contribution < 1.29 is 4.74 Å². The zero-order chi connectivity index (χ0) is 15.4. The molecule has 3 rings (SSSR count). The van der Waals surface area contributed by atoms with Gasteiger partial charge in [0.15, 0.2) is 5.13 Å². The van der Waals surface area contributed by atoms with E-state index in [0.717, 1.165) is 29.7 Å². The van der Waals surface area contributed by atoms with Crippen LogP contribution in [0.15, 0.2) is 29.6 Å². The highest BCUT2D eigenvalue weighted by molar-refractivity contribution is 7.13. The third-order valence-electron chi connectivity index (χ3n) is 4.22. The van der Waals surface area contributed by atoms with Gasteiger partial charge in [0.1, 0.15) is 5.75 Å². The maximum Gasteiger partial charge on any atom is 0.182 e. The maximum atomic E-state index is 5.38. The predicted octanol–water partition coefficient (Wildman–Crippen LogP) is 3.92. The van der Waals surface area contributed by atoms with Gasteiger partial charge >= 0.3 is 0 Å². The quantitative estimate of drug-likeness (QED) is 0.907. The van der Waals surface area contributed by atoms with E-state index in [2.05, 4.69) is 38.8 Å². The van der Waals surface area contributed by atoms with Gasteiger partial charge < -0.3 is 10.1 Å². The maximum absolute atomic E-state index is 5.38. The van der Waals surface area contributed by atoms with Crippen LogP contribution in [0.2, 0.25) is 0 Å². The summed E-state index contributed by atoms with van der Waals surface area (Å²) >= 11 is 1.67. The second kappa shape index (κ2) is 7.11. The number of aromatic nitrogens is 1. The standard InChI is InChI=1S/C17H23N3OS/c1-18-17-19-14(12-22-17)11-20-9-4-3-8-16(20)13-6-5-7-15(10-13)21-2/h5-7,10,12,16H,3-4,8-9,11H2,1-2H3,(H,18,19). The first-order chi connectivity index (χ1) is 10.8. The van der Waals surface area contributed by atoms with Gasteiger partial charge in [-0.2, -0.15) is 0 Å². The third kappa shape index (κ3) is 3.42. The molecule has 1 saturated heterocycles. The summed E-state index contributed by atoms with van der Waals surface area (Å²) in [5.41, 5.74) is 2.51. The van der Waals surface area contributed by atoms with E-state index in [-0.39, 0.29) is 0 Å². The molecule has 1 aliphatic heterocycles. The molecule has 1 aromatic heterocycles. The van der Waals surface area contributed by atoms with Crippen LogP contribution in [-0.4, -0.2) is 30.6 Å². The van der Waals surface area contributed by atoms with Gasteiger partial charge in [-0.3, -0.25) is 4.90 Å². The van der Waals surface area contributed by atoms with E-state index in [0.29, 0.717) is 6.04 Å². The summed E-state index contributed by atoms with van der Waals surface area (Å²) in [6, 6.07) is 8.94. The number of likely N-dealkylation sites (tertiary alicyclic amines) is 1. The molecule has 0 radical (unpaired) electrons. The fourth-order valence-corrected chi connectivity index (χ4v) is 3.77. The van der Waals surface area contributed by atoms with Crippen LogP contribution < -0.4 is 10.1 Å². The molecule has 2 heterocycles. The Morgan fingerprint density at radius 3 is 3.09 bits per heavy atom. The van der Waals surface area contributed by atoms with Gasteiger partial charge in [0.25, 0.3) is 0 Å². The Morgan fingerprint density at radius 1 is 1.41 bits per heavy atom. The molecule has 0 bridgehead atoms. The monoisotopic (exact) mass is 317 g/mol. The van der Waals surface area contributed by atoms with Crippen molar-refractivity contribution in [1.82, 2.24) is 9.88 Å². The Bertz CT molecular complexity index is 613. The number of hydrogen-bond acceptors (Lipinski definition) is 5. The van der Waals surface area contributed by atoms with E-state index in [9.17, 15) is 0 Å². The van der Waals surface area contributed by atoms with Gasteiger partial charge in [0, 0.05) is 25.0 Å². The topological polar surface area (TPSA) is 37.4 Å². The molecule has 2 aromatic rings. The summed E-state index contributed by atoms with van der Waals surface area (Å²) in [6.07, 6.45) is 3.76. The van der Waals surface area contributed by atoms with Gasteiger partial charge in [-0.05, 0) is 37.1 Å². The number of hydrogen-bond donors (Lipinski definition) is 1. The normalized spacial score (nSPS) is 19.1. The molecule has 1 aromatic carbocycles. The largest absolute Gasteiger partial charge is 0.497 e. The lowest BCUT2D eigenvalue weighted by Gasteiger charge is -2.35. The lowest BCUT2D eigenvalue weighted by Crippen LogP contribution is -2.33. The fraction of sp³-hybridized carbons (Fsp3) is 0.471. The van der Waals surface area contributed by atoms with Crippen molar-refractivity contribution in [1.29, 1.82) is 0 Å². The molecule has 4 nitrogen and oxygen atoms in total. The molecule has 0 saturated carbocycles. The summed E-state index contributed by atoms with van der Waals surface area (Å²) in [7, 11) is 3.65. The number of methoxy groups -OCH3 is 1. The van der Waals surface area contributed by atoms with Crippen molar-refractivity contribution in [2.75, 3.05) is 26.0 Å². The van der Waals surface area contributed by atoms with Gasteiger partial charge in [-0.1, -0.05) is 18.6 Å². The number of nitrogens with one attached hydrogen (secondary N) is 1. The van der Waals surface area contributed by atoms with Crippen LogP contribution in [0, 0.1) is 0 Å². The Hall–Kier alpha value is -1.59. The van der Waals surface area contributed by atoms with Crippen LogP contribution in [0.1, 0.15) is 36.6 Å². The summed E-state index contributed by atoms with van der Waals surface area (Å²) in [5, 5.41) is 6.26. The Labute approximate surface area is 136 Å². The molecule has 0 aliphatic carbocycles. The minimum atomic E-state index is 0.462. The predicted molar refractivity (Wildman–Crippen MR) is 91.7 cm³/mol. The van der Waals surface area contributed by atoms with E-state index in [4.69, 9.17) is 4.74 Å². The number of anilines is 1. The van der Waals surface area contributed by atoms with Crippen LogP contribution in [0.5, 0.6) is 5.75 Å². The Morgan fingerprint density at radius 2 is 2.32 bits per heavy atom. The van der Waals surface area contributed by atoms with Gasteiger partial charge in [0.05, 0.1) is 12.8 Å². The van der Waals surface area contributed by atoms with Crippen molar-refractivity contribution in [3.63, 3.8) is 0 Å². The van der Waals surface area contributed by atoms with Crippen molar-refractivity contribution in [3.05, 3.63) is 40.9 Å². The first-order valence-corrected chi connectivity index (χ1v) is 8.68. The van der Waals surface area contributed by atoms with Crippen molar-refractivity contribution in [2.45, 2.75) is 31.8 Å². The zero-order valence-electron chi connectivity index (χ0n) is 13.2. The fourth-order valence-electron chi connectivity index (χ4n) is 3.11. The molecule has 0 spiro atoms. The number of rotatable bonds is 5. The molecular formula is C17H23N3OS. The highest BCUT2D eigenvalue weighted by Gasteiger charge is 2.24. The summed E-state index contributed by atoms with van der Waals surface area (Å²) in [6.45, 7) is 2.05. The first-order valence-electron chi connectivity index (χ1n) is 7.80. The van der Waals surface area contributed by atoms with E-state index < -0.39 is 0 Å². The molecule has 0 amide bonds. The molecule has 118 valence electrons. The molecule has 1 aliphatic rings. The molecule has 1 atom stereocenters. The SMILES string of the molecule is CNc1nc(CN2CCCCC2c2cccc(OC)c2)cs1. The second-order valence-electron chi connectivity index (χ2n) is 5.65. The molecular weight excluding hydrogens is 294 g/mol. The number of piperidine rings is 1. The third-order valence-corrected chi connectivity index (χ3v) is 5.13. The van der Waals surface area contributed by atoms with E-state index >= 15 is 0 Å². The van der Waals surface area contributed by atoms with Gasteiger partial charge in [-0.15, -0.1) is 11.3 Å². The highest BCUT2D eigenvalue weighted by atomic mass is 32.1. The zero-order valence-corrected chi connectivity index (χ0v) is 14.0.